The lowest BCUT2D eigenvalue weighted by Crippen LogP contribution is -2.16. The maximum atomic E-state index is 13.4. The average molecular weight is 209 g/mol. The molecule has 4 heteroatoms. The molecule has 1 saturated heterocycles. The van der Waals surface area contributed by atoms with Crippen molar-refractivity contribution in [3.05, 3.63) is 48.3 Å². The molecule has 1 aliphatic heterocycles. The quantitative estimate of drug-likeness (QED) is 0.705. The van der Waals surface area contributed by atoms with E-state index in [9.17, 15) is 8.78 Å². The minimum Gasteiger partial charge on any atom is -0.340 e. The second-order valence-electron chi connectivity index (χ2n) is 3.07. The van der Waals surface area contributed by atoms with Crippen LogP contribution in [0.2, 0.25) is 0 Å². The Bertz CT molecular complexity index is 383. The van der Waals surface area contributed by atoms with E-state index in [0.717, 1.165) is 0 Å². The fourth-order valence-corrected chi connectivity index (χ4v) is 1.40. The maximum absolute atomic E-state index is 13.4. The van der Waals surface area contributed by atoms with Crippen LogP contribution in [0, 0.1) is 18.4 Å². The summed E-state index contributed by atoms with van der Waals surface area (Å²) in [5, 5.41) is 0. The summed E-state index contributed by atoms with van der Waals surface area (Å²) in [5.74, 6) is -1.26. The van der Waals surface area contributed by atoms with Gasteiger partial charge >= 0.3 is 0 Å². The van der Waals surface area contributed by atoms with Crippen molar-refractivity contribution in [3.8, 4) is 0 Å². The lowest BCUT2D eigenvalue weighted by Gasteiger charge is -2.17. The molecule has 0 bridgehead atoms. The van der Waals surface area contributed by atoms with E-state index < -0.39 is 11.6 Å². The molecule has 0 saturated carbocycles. The van der Waals surface area contributed by atoms with E-state index in [1.54, 1.807) is 13.0 Å². The first-order chi connectivity index (χ1) is 7.24. The van der Waals surface area contributed by atoms with Crippen LogP contribution in [0.1, 0.15) is 6.92 Å². The Balaban J connectivity index is 2.45. The first-order valence-corrected chi connectivity index (χ1v) is 4.51. The SMILES string of the molecule is C/C=C1\CO[C]N1c1c(F)cccc1F. The summed E-state index contributed by atoms with van der Waals surface area (Å²) in [7, 11) is 0. The van der Waals surface area contributed by atoms with E-state index in [-0.39, 0.29) is 12.3 Å². The molecule has 1 aliphatic rings. The molecule has 0 aliphatic carbocycles. The number of para-hydroxylation sites is 1. The summed E-state index contributed by atoms with van der Waals surface area (Å²) < 4.78 is 31.7. The largest absolute Gasteiger partial charge is 0.340 e. The van der Waals surface area contributed by atoms with E-state index in [0.29, 0.717) is 5.70 Å². The van der Waals surface area contributed by atoms with Crippen LogP contribution in [0.4, 0.5) is 14.5 Å². The molecule has 0 unspecified atom stereocenters. The summed E-state index contributed by atoms with van der Waals surface area (Å²) in [6.07, 6.45) is 1.73. The number of allylic oxidation sites excluding steroid dienone is 1. The van der Waals surface area contributed by atoms with E-state index in [2.05, 4.69) is 6.73 Å². The van der Waals surface area contributed by atoms with Crippen molar-refractivity contribution in [2.75, 3.05) is 11.5 Å². The van der Waals surface area contributed by atoms with Crippen LogP contribution in [0.3, 0.4) is 0 Å². The van der Waals surface area contributed by atoms with Gasteiger partial charge in [0, 0.05) is 5.70 Å². The van der Waals surface area contributed by atoms with Gasteiger partial charge in [0.2, 0.25) is 0 Å². The normalized spacial score (nSPS) is 18.9. The molecule has 2 nitrogen and oxygen atoms in total. The van der Waals surface area contributed by atoms with Gasteiger partial charge in [0.05, 0.1) is 6.61 Å². The summed E-state index contributed by atoms with van der Waals surface area (Å²) >= 11 is 0. The third-order valence-electron chi connectivity index (χ3n) is 2.16. The van der Waals surface area contributed by atoms with E-state index in [1.807, 2.05) is 0 Å². The predicted octanol–water partition coefficient (Wildman–Crippen LogP) is 2.70. The monoisotopic (exact) mass is 209 g/mol. The number of hydrogen-bond acceptors (Lipinski definition) is 2. The number of benzene rings is 1. The molecule has 0 aromatic heterocycles. The maximum Gasteiger partial charge on any atom is 0.255 e. The highest BCUT2D eigenvalue weighted by Crippen LogP contribution is 2.30. The van der Waals surface area contributed by atoms with Crippen molar-refractivity contribution in [1.29, 1.82) is 0 Å². The number of hydrogen-bond donors (Lipinski definition) is 0. The molecule has 15 heavy (non-hydrogen) atoms. The summed E-state index contributed by atoms with van der Waals surface area (Å²) in [5.41, 5.74) is 0.516. The number of halogens is 2. The first kappa shape index (κ1) is 10.1. The van der Waals surface area contributed by atoms with E-state index in [4.69, 9.17) is 4.74 Å². The molecule has 78 valence electrons. The standard InChI is InChI=1S/C11H9F2NO/c1-2-8-6-15-7-14(8)11-9(12)4-3-5-10(11)13/h2-5H,6H2,1H3/b8-2+. The van der Waals surface area contributed by atoms with E-state index in [1.165, 1.54) is 23.1 Å². The van der Waals surface area contributed by atoms with Crippen LogP contribution >= 0.6 is 0 Å². The average Bonchev–Trinajstić information content (AvgIpc) is 2.65. The van der Waals surface area contributed by atoms with Gasteiger partial charge < -0.3 is 9.64 Å². The molecule has 1 aromatic rings. The molecule has 0 atom stereocenters. The van der Waals surface area contributed by atoms with Gasteiger partial charge in [0.1, 0.15) is 17.3 Å². The second-order valence-corrected chi connectivity index (χ2v) is 3.07. The number of ether oxygens (including phenoxy) is 1. The van der Waals surface area contributed by atoms with Gasteiger partial charge in [-0.1, -0.05) is 12.1 Å². The zero-order valence-electron chi connectivity index (χ0n) is 8.13. The lowest BCUT2D eigenvalue weighted by atomic mass is 10.2. The number of nitrogens with zero attached hydrogens (tertiary/aromatic N) is 1. The van der Waals surface area contributed by atoms with Gasteiger partial charge in [-0.05, 0) is 19.1 Å². The molecule has 2 rings (SSSR count). The number of rotatable bonds is 1. The van der Waals surface area contributed by atoms with Gasteiger partial charge in [-0.25, -0.2) is 8.78 Å². The highest BCUT2D eigenvalue weighted by molar-refractivity contribution is 5.56. The van der Waals surface area contributed by atoms with Crippen molar-refractivity contribution in [3.63, 3.8) is 0 Å². The molecule has 1 aromatic carbocycles. The zero-order valence-corrected chi connectivity index (χ0v) is 8.13. The number of anilines is 1. The summed E-state index contributed by atoms with van der Waals surface area (Å²) in [6, 6.07) is 3.72. The minimum atomic E-state index is -0.632. The Hall–Kier alpha value is -1.42. The smallest absolute Gasteiger partial charge is 0.255 e. The molecule has 1 fully saturated rings. The molecule has 0 N–H and O–H groups in total. The zero-order chi connectivity index (χ0) is 10.8. The lowest BCUT2D eigenvalue weighted by molar-refractivity contribution is 0.265. The molecule has 1 heterocycles. The Kier molecular flexibility index (Phi) is 2.68. The Morgan fingerprint density at radius 1 is 1.40 bits per heavy atom. The van der Waals surface area contributed by atoms with Crippen LogP contribution in [-0.4, -0.2) is 6.61 Å². The third kappa shape index (κ3) is 1.72. The minimum absolute atomic E-state index is 0.150. The molecular formula is C11H9F2NO. The van der Waals surface area contributed by atoms with Gasteiger partial charge in [0.15, 0.2) is 0 Å². The van der Waals surface area contributed by atoms with Gasteiger partial charge in [-0.15, -0.1) is 0 Å². The van der Waals surface area contributed by atoms with Crippen molar-refractivity contribution in [2.24, 2.45) is 0 Å². The van der Waals surface area contributed by atoms with Crippen molar-refractivity contribution in [1.82, 2.24) is 0 Å². The fraction of sp³-hybridized carbons (Fsp3) is 0.182. The highest BCUT2D eigenvalue weighted by Gasteiger charge is 2.25. The van der Waals surface area contributed by atoms with Crippen LogP contribution in [0.15, 0.2) is 30.0 Å². The van der Waals surface area contributed by atoms with Crippen molar-refractivity contribution in [2.45, 2.75) is 6.92 Å². The Morgan fingerprint density at radius 3 is 2.67 bits per heavy atom. The predicted molar refractivity (Wildman–Crippen MR) is 51.8 cm³/mol. The van der Waals surface area contributed by atoms with Gasteiger partial charge in [-0.2, -0.15) is 0 Å². The molecule has 0 amide bonds. The Labute approximate surface area is 86.8 Å². The van der Waals surface area contributed by atoms with Gasteiger partial charge in [-0.3, -0.25) is 0 Å². The van der Waals surface area contributed by atoms with Crippen LogP contribution in [-0.2, 0) is 4.74 Å². The Morgan fingerprint density at radius 2 is 2.07 bits per heavy atom. The van der Waals surface area contributed by atoms with Crippen LogP contribution < -0.4 is 4.90 Å². The molecule has 2 radical (unpaired) electrons. The van der Waals surface area contributed by atoms with Gasteiger partial charge in [0.25, 0.3) is 6.73 Å². The summed E-state index contributed by atoms with van der Waals surface area (Å²) in [6.45, 7) is 4.50. The van der Waals surface area contributed by atoms with E-state index >= 15 is 0 Å². The first-order valence-electron chi connectivity index (χ1n) is 4.51. The van der Waals surface area contributed by atoms with Crippen LogP contribution in [0.5, 0.6) is 0 Å². The summed E-state index contributed by atoms with van der Waals surface area (Å²) in [4.78, 5) is 1.25. The van der Waals surface area contributed by atoms with Crippen molar-refractivity contribution < 1.29 is 13.5 Å². The second kappa shape index (κ2) is 3.98. The highest BCUT2D eigenvalue weighted by atomic mass is 19.1. The fourth-order valence-electron chi connectivity index (χ4n) is 1.40. The molecule has 0 spiro atoms. The van der Waals surface area contributed by atoms with Crippen molar-refractivity contribution >= 4 is 5.69 Å². The third-order valence-corrected chi connectivity index (χ3v) is 2.16. The topological polar surface area (TPSA) is 12.5 Å². The molecular weight excluding hydrogens is 200 g/mol. The van der Waals surface area contributed by atoms with Crippen LogP contribution in [0.25, 0.3) is 0 Å².